The van der Waals surface area contributed by atoms with Gasteiger partial charge in [-0.1, -0.05) is 0 Å². The maximum absolute atomic E-state index is 6.05. The van der Waals surface area contributed by atoms with Gasteiger partial charge in [0.15, 0.2) is 5.82 Å². The molecule has 2 saturated heterocycles. The SMILES string of the molecule is COc1ccc(N)c(N2CCC(N3CCCC3)C2)n1. The van der Waals surface area contributed by atoms with Crippen LogP contribution in [0.1, 0.15) is 19.3 Å². The maximum Gasteiger partial charge on any atom is 0.215 e. The quantitative estimate of drug-likeness (QED) is 0.891. The number of pyridine rings is 1. The summed E-state index contributed by atoms with van der Waals surface area (Å²) in [6, 6.07) is 4.35. The van der Waals surface area contributed by atoms with Crippen LogP contribution in [0.4, 0.5) is 11.5 Å². The number of nitrogens with zero attached hydrogens (tertiary/aromatic N) is 3. The summed E-state index contributed by atoms with van der Waals surface area (Å²) in [7, 11) is 1.64. The van der Waals surface area contributed by atoms with Gasteiger partial charge in [-0.3, -0.25) is 4.90 Å². The van der Waals surface area contributed by atoms with Crippen molar-refractivity contribution < 1.29 is 4.74 Å². The molecule has 5 heteroatoms. The lowest BCUT2D eigenvalue weighted by Gasteiger charge is -2.24. The number of nitrogens with two attached hydrogens (primary N) is 1. The maximum atomic E-state index is 6.05. The van der Waals surface area contributed by atoms with Crippen LogP contribution in [0, 0.1) is 0 Å². The van der Waals surface area contributed by atoms with Crippen LogP contribution in [0.3, 0.4) is 0 Å². The van der Waals surface area contributed by atoms with Crippen molar-refractivity contribution in [3.8, 4) is 5.88 Å². The Morgan fingerprint density at radius 2 is 2.05 bits per heavy atom. The van der Waals surface area contributed by atoms with E-state index in [1.165, 1.54) is 32.4 Å². The van der Waals surface area contributed by atoms with Crippen molar-refractivity contribution in [3.63, 3.8) is 0 Å². The van der Waals surface area contributed by atoms with Gasteiger partial charge in [-0.15, -0.1) is 0 Å². The van der Waals surface area contributed by atoms with E-state index in [-0.39, 0.29) is 0 Å². The van der Waals surface area contributed by atoms with Crippen LogP contribution >= 0.6 is 0 Å². The van der Waals surface area contributed by atoms with Gasteiger partial charge in [0.1, 0.15) is 0 Å². The number of nitrogen functional groups attached to an aromatic ring is 1. The first-order valence-corrected chi connectivity index (χ1v) is 7.07. The highest BCUT2D eigenvalue weighted by atomic mass is 16.5. The highest BCUT2D eigenvalue weighted by molar-refractivity contribution is 5.64. The second-order valence-electron chi connectivity index (χ2n) is 5.40. The van der Waals surface area contributed by atoms with E-state index in [9.17, 15) is 0 Å². The van der Waals surface area contributed by atoms with Gasteiger partial charge in [0, 0.05) is 25.2 Å². The van der Waals surface area contributed by atoms with Gasteiger partial charge in [-0.05, 0) is 38.4 Å². The fourth-order valence-corrected chi connectivity index (χ4v) is 3.15. The summed E-state index contributed by atoms with van der Waals surface area (Å²) in [5.74, 6) is 1.51. The highest BCUT2D eigenvalue weighted by Gasteiger charge is 2.30. The molecule has 0 radical (unpaired) electrons. The number of rotatable bonds is 3. The number of hydrogen-bond acceptors (Lipinski definition) is 5. The smallest absolute Gasteiger partial charge is 0.215 e. The van der Waals surface area contributed by atoms with E-state index in [1.54, 1.807) is 7.11 Å². The molecule has 19 heavy (non-hydrogen) atoms. The molecular weight excluding hydrogens is 240 g/mol. The minimum Gasteiger partial charge on any atom is -0.481 e. The van der Waals surface area contributed by atoms with Crippen molar-refractivity contribution in [3.05, 3.63) is 12.1 Å². The standard InChI is InChI=1S/C14H22N4O/c1-19-13-5-4-12(15)14(16-13)18-9-6-11(10-18)17-7-2-3-8-17/h4-5,11H,2-3,6-10,15H2,1H3. The molecule has 5 nitrogen and oxygen atoms in total. The second-order valence-corrected chi connectivity index (χ2v) is 5.40. The Kier molecular flexibility index (Phi) is 3.46. The van der Waals surface area contributed by atoms with Gasteiger partial charge >= 0.3 is 0 Å². The second kappa shape index (κ2) is 5.25. The summed E-state index contributed by atoms with van der Waals surface area (Å²) >= 11 is 0. The molecule has 3 rings (SSSR count). The van der Waals surface area contributed by atoms with E-state index in [0.29, 0.717) is 11.9 Å². The fraction of sp³-hybridized carbons (Fsp3) is 0.643. The Balaban J connectivity index is 1.73. The van der Waals surface area contributed by atoms with Crippen LogP contribution < -0.4 is 15.4 Å². The summed E-state index contributed by atoms with van der Waals surface area (Å²) in [4.78, 5) is 9.39. The summed E-state index contributed by atoms with van der Waals surface area (Å²) in [5, 5.41) is 0. The van der Waals surface area contributed by atoms with Crippen LogP contribution in [0.2, 0.25) is 0 Å². The van der Waals surface area contributed by atoms with Crippen LogP contribution in [0.25, 0.3) is 0 Å². The predicted octanol–water partition coefficient (Wildman–Crippen LogP) is 1.35. The number of likely N-dealkylation sites (tertiary alicyclic amines) is 1. The fourth-order valence-electron chi connectivity index (χ4n) is 3.15. The molecule has 2 fully saturated rings. The summed E-state index contributed by atoms with van der Waals surface area (Å²) in [6.07, 6.45) is 3.89. The molecule has 0 saturated carbocycles. The first kappa shape index (κ1) is 12.5. The zero-order valence-corrected chi connectivity index (χ0v) is 11.5. The Hall–Kier alpha value is -1.49. The molecule has 0 bridgehead atoms. The van der Waals surface area contributed by atoms with E-state index in [1.807, 2.05) is 12.1 Å². The molecule has 1 aromatic heterocycles. The van der Waals surface area contributed by atoms with Crippen LogP contribution in [-0.4, -0.2) is 49.2 Å². The van der Waals surface area contributed by atoms with Crippen molar-refractivity contribution >= 4 is 11.5 Å². The topological polar surface area (TPSA) is 54.6 Å². The Labute approximate surface area is 114 Å². The van der Waals surface area contributed by atoms with Crippen LogP contribution in [0.15, 0.2) is 12.1 Å². The lowest BCUT2D eigenvalue weighted by molar-refractivity contribution is 0.260. The average molecular weight is 262 g/mol. The van der Waals surface area contributed by atoms with Gasteiger partial charge in [0.05, 0.1) is 12.8 Å². The Morgan fingerprint density at radius 1 is 1.26 bits per heavy atom. The van der Waals surface area contributed by atoms with E-state index < -0.39 is 0 Å². The number of hydrogen-bond donors (Lipinski definition) is 1. The van der Waals surface area contributed by atoms with E-state index in [0.717, 1.165) is 24.6 Å². The van der Waals surface area contributed by atoms with Gasteiger partial charge < -0.3 is 15.4 Å². The van der Waals surface area contributed by atoms with Crippen LogP contribution in [-0.2, 0) is 0 Å². The molecule has 2 N–H and O–H groups in total. The molecule has 1 aromatic rings. The third-order valence-electron chi connectivity index (χ3n) is 4.21. The normalized spacial score (nSPS) is 24.1. The van der Waals surface area contributed by atoms with Crippen molar-refractivity contribution in [1.29, 1.82) is 0 Å². The summed E-state index contributed by atoms with van der Waals surface area (Å²) in [6.45, 7) is 4.56. The van der Waals surface area contributed by atoms with Gasteiger partial charge in [0.2, 0.25) is 5.88 Å². The number of anilines is 2. The van der Waals surface area contributed by atoms with Crippen molar-refractivity contribution in [1.82, 2.24) is 9.88 Å². The molecular formula is C14H22N4O. The average Bonchev–Trinajstić information content (AvgIpc) is 3.10. The summed E-state index contributed by atoms with van der Waals surface area (Å²) < 4.78 is 5.19. The Bertz CT molecular complexity index is 445. The molecule has 2 aliphatic heterocycles. The molecule has 1 unspecified atom stereocenters. The van der Waals surface area contributed by atoms with Crippen LogP contribution in [0.5, 0.6) is 5.88 Å². The number of aromatic nitrogens is 1. The zero-order valence-electron chi connectivity index (χ0n) is 11.5. The van der Waals surface area contributed by atoms with Crippen molar-refractivity contribution in [2.75, 3.05) is 43.9 Å². The van der Waals surface area contributed by atoms with E-state index >= 15 is 0 Å². The minimum atomic E-state index is 0.633. The number of ether oxygens (including phenoxy) is 1. The minimum absolute atomic E-state index is 0.633. The molecule has 0 spiro atoms. The van der Waals surface area contributed by atoms with Gasteiger partial charge in [-0.2, -0.15) is 4.98 Å². The van der Waals surface area contributed by atoms with Gasteiger partial charge in [-0.25, -0.2) is 0 Å². The Morgan fingerprint density at radius 3 is 2.79 bits per heavy atom. The molecule has 0 aromatic carbocycles. The third-order valence-corrected chi connectivity index (χ3v) is 4.21. The van der Waals surface area contributed by atoms with E-state index in [4.69, 9.17) is 10.5 Å². The van der Waals surface area contributed by atoms with Gasteiger partial charge in [0.25, 0.3) is 0 Å². The first-order chi connectivity index (χ1) is 9.28. The van der Waals surface area contributed by atoms with E-state index in [2.05, 4.69) is 14.8 Å². The largest absolute Gasteiger partial charge is 0.481 e. The zero-order chi connectivity index (χ0) is 13.2. The highest BCUT2D eigenvalue weighted by Crippen LogP contribution is 2.29. The lowest BCUT2D eigenvalue weighted by atomic mass is 10.2. The predicted molar refractivity (Wildman–Crippen MR) is 76.6 cm³/mol. The molecule has 1 atom stereocenters. The van der Waals surface area contributed by atoms with Crippen molar-refractivity contribution in [2.24, 2.45) is 0 Å². The molecule has 3 heterocycles. The molecule has 0 aliphatic carbocycles. The molecule has 104 valence electrons. The lowest BCUT2D eigenvalue weighted by Crippen LogP contribution is -2.35. The number of methoxy groups -OCH3 is 1. The first-order valence-electron chi connectivity index (χ1n) is 7.07. The molecule has 0 amide bonds. The third kappa shape index (κ3) is 2.47. The monoisotopic (exact) mass is 262 g/mol. The molecule has 2 aliphatic rings. The summed E-state index contributed by atoms with van der Waals surface area (Å²) in [5.41, 5.74) is 6.79. The van der Waals surface area contributed by atoms with Crippen molar-refractivity contribution in [2.45, 2.75) is 25.3 Å².